The molecule has 0 atom stereocenters. The SMILES string of the molecule is Cn1ncc2ccc(NS(C)(=O)=O)cc21. The Morgan fingerprint density at radius 1 is 1.40 bits per heavy atom. The summed E-state index contributed by atoms with van der Waals surface area (Å²) in [6.07, 6.45) is 2.86. The number of nitrogens with one attached hydrogen (secondary N) is 1. The van der Waals surface area contributed by atoms with Crippen molar-refractivity contribution in [3.8, 4) is 0 Å². The topological polar surface area (TPSA) is 64.0 Å². The van der Waals surface area contributed by atoms with E-state index < -0.39 is 10.0 Å². The van der Waals surface area contributed by atoms with Gasteiger partial charge in [0.1, 0.15) is 0 Å². The maximum absolute atomic E-state index is 11.0. The highest BCUT2D eigenvalue weighted by atomic mass is 32.2. The van der Waals surface area contributed by atoms with Gasteiger partial charge in [0.2, 0.25) is 10.0 Å². The second-order valence-electron chi connectivity index (χ2n) is 3.42. The van der Waals surface area contributed by atoms with Gasteiger partial charge in [0, 0.05) is 12.4 Å². The molecule has 1 aromatic carbocycles. The molecule has 0 aliphatic carbocycles. The Labute approximate surface area is 87.8 Å². The van der Waals surface area contributed by atoms with Gasteiger partial charge in [-0.2, -0.15) is 5.10 Å². The molecule has 0 saturated carbocycles. The highest BCUT2D eigenvalue weighted by Gasteiger charge is 2.04. The molecule has 0 amide bonds. The summed E-state index contributed by atoms with van der Waals surface area (Å²) in [4.78, 5) is 0. The number of fused-ring (bicyclic) bond motifs is 1. The summed E-state index contributed by atoms with van der Waals surface area (Å²) in [5.41, 5.74) is 1.44. The van der Waals surface area contributed by atoms with Gasteiger partial charge in [-0.25, -0.2) is 8.42 Å². The molecule has 1 N–H and O–H groups in total. The molecule has 2 rings (SSSR count). The molecule has 1 heterocycles. The maximum atomic E-state index is 11.0. The summed E-state index contributed by atoms with van der Waals surface area (Å²) < 4.78 is 26.2. The van der Waals surface area contributed by atoms with E-state index in [2.05, 4.69) is 9.82 Å². The van der Waals surface area contributed by atoms with Gasteiger partial charge >= 0.3 is 0 Å². The van der Waals surface area contributed by atoms with Crippen LogP contribution in [0.3, 0.4) is 0 Å². The molecule has 0 spiro atoms. The minimum Gasteiger partial charge on any atom is -0.284 e. The third kappa shape index (κ3) is 2.10. The Bertz CT molecular complexity index is 601. The third-order valence-electron chi connectivity index (χ3n) is 2.05. The van der Waals surface area contributed by atoms with Gasteiger partial charge in [0.25, 0.3) is 0 Å². The third-order valence-corrected chi connectivity index (χ3v) is 2.66. The van der Waals surface area contributed by atoms with Crippen molar-refractivity contribution in [3.63, 3.8) is 0 Å². The van der Waals surface area contributed by atoms with E-state index in [-0.39, 0.29) is 0 Å². The molecule has 5 nitrogen and oxygen atoms in total. The van der Waals surface area contributed by atoms with Gasteiger partial charge in [-0.1, -0.05) is 0 Å². The number of sulfonamides is 1. The Hall–Kier alpha value is -1.56. The van der Waals surface area contributed by atoms with Crippen molar-refractivity contribution in [1.29, 1.82) is 0 Å². The summed E-state index contributed by atoms with van der Waals surface area (Å²) in [5.74, 6) is 0. The quantitative estimate of drug-likeness (QED) is 0.827. The number of aromatic nitrogens is 2. The molecule has 0 aliphatic rings. The monoisotopic (exact) mass is 225 g/mol. The van der Waals surface area contributed by atoms with Crippen molar-refractivity contribution < 1.29 is 8.42 Å². The molecular weight excluding hydrogens is 214 g/mol. The van der Waals surface area contributed by atoms with Gasteiger partial charge < -0.3 is 0 Å². The van der Waals surface area contributed by atoms with Crippen LogP contribution in [0.2, 0.25) is 0 Å². The Morgan fingerprint density at radius 2 is 2.13 bits per heavy atom. The molecule has 2 aromatic rings. The summed E-state index contributed by atoms with van der Waals surface area (Å²) in [7, 11) is -1.41. The van der Waals surface area contributed by atoms with Crippen LogP contribution in [0.25, 0.3) is 10.9 Å². The Kier molecular flexibility index (Phi) is 2.15. The van der Waals surface area contributed by atoms with E-state index in [4.69, 9.17) is 0 Å². The van der Waals surface area contributed by atoms with Crippen LogP contribution in [0.15, 0.2) is 24.4 Å². The lowest BCUT2D eigenvalue weighted by atomic mass is 10.2. The van der Waals surface area contributed by atoms with Crippen LogP contribution in [0.1, 0.15) is 0 Å². The summed E-state index contributed by atoms with van der Waals surface area (Å²) >= 11 is 0. The van der Waals surface area contributed by atoms with Crippen molar-refractivity contribution in [2.24, 2.45) is 7.05 Å². The van der Waals surface area contributed by atoms with Crippen molar-refractivity contribution in [3.05, 3.63) is 24.4 Å². The Morgan fingerprint density at radius 3 is 2.80 bits per heavy atom. The number of hydrogen-bond donors (Lipinski definition) is 1. The van der Waals surface area contributed by atoms with Crippen LogP contribution in [0, 0.1) is 0 Å². The number of anilines is 1. The van der Waals surface area contributed by atoms with Gasteiger partial charge in [0.15, 0.2) is 0 Å². The number of benzene rings is 1. The smallest absolute Gasteiger partial charge is 0.229 e. The van der Waals surface area contributed by atoms with Crippen LogP contribution in [0.4, 0.5) is 5.69 Å². The van der Waals surface area contributed by atoms with E-state index in [9.17, 15) is 8.42 Å². The largest absolute Gasteiger partial charge is 0.284 e. The van der Waals surface area contributed by atoms with Crippen LogP contribution in [-0.2, 0) is 17.1 Å². The van der Waals surface area contributed by atoms with Gasteiger partial charge in [-0.05, 0) is 18.2 Å². The fraction of sp³-hybridized carbons (Fsp3) is 0.222. The lowest BCUT2D eigenvalue weighted by molar-refractivity contribution is 0.607. The summed E-state index contributed by atoms with van der Waals surface area (Å²) in [6, 6.07) is 5.30. The second kappa shape index (κ2) is 3.23. The summed E-state index contributed by atoms with van der Waals surface area (Å²) in [6.45, 7) is 0. The number of aryl methyl sites for hydroxylation is 1. The van der Waals surface area contributed by atoms with Crippen molar-refractivity contribution in [1.82, 2.24) is 9.78 Å². The Balaban J connectivity index is 2.51. The lowest BCUT2D eigenvalue weighted by Gasteiger charge is -2.03. The predicted octanol–water partition coefficient (Wildman–Crippen LogP) is 0.945. The first-order valence-corrected chi connectivity index (χ1v) is 6.24. The van der Waals surface area contributed by atoms with Gasteiger partial charge in [-0.3, -0.25) is 9.40 Å². The van der Waals surface area contributed by atoms with Crippen LogP contribution >= 0.6 is 0 Å². The molecule has 6 heteroatoms. The van der Waals surface area contributed by atoms with Crippen molar-refractivity contribution in [2.75, 3.05) is 11.0 Å². The molecule has 0 radical (unpaired) electrons. The van der Waals surface area contributed by atoms with E-state index >= 15 is 0 Å². The first kappa shape index (κ1) is 9.97. The van der Waals surface area contributed by atoms with E-state index in [0.717, 1.165) is 17.2 Å². The fourth-order valence-electron chi connectivity index (χ4n) is 1.42. The number of rotatable bonds is 2. The molecule has 80 valence electrons. The fourth-order valence-corrected chi connectivity index (χ4v) is 1.98. The molecule has 0 saturated heterocycles. The molecule has 0 aliphatic heterocycles. The summed E-state index contributed by atoms with van der Waals surface area (Å²) in [5, 5.41) is 5.06. The molecular formula is C9H11N3O2S. The van der Waals surface area contributed by atoms with Crippen LogP contribution < -0.4 is 4.72 Å². The van der Waals surface area contributed by atoms with Crippen molar-refractivity contribution in [2.45, 2.75) is 0 Å². The first-order chi connectivity index (χ1) is 6.96. The normalized spacial score (nSPS) is 11.9. The van der Waals surface area contributed by atoms with Crippen molar-refractivity contribution >= 4 is 26.6 Å². The van der Waals surface area contributed by atoms with Crippen LogP contribution in [-0.4, -0.2) is 24.5 Å². The van der Waals surface area contributed by atoms with E-state index in [1.165, 1.54) is 0 Å². The zero-order valence-corrected chi connectivity index (χ0v) is 9.25. The van der Waals surface area contributed by atoms with E-state index in [1.807, 2.05) is 13.1 Å². The number of nitrogens with zero attached hydrogens (tertiary/aromatic N) is 2. The zero-order valence-electron chi connectivity index (χ0n) is 8.43. The molecule has 15 heavy (non-hydrogen) atoms. The van der Waals surface area contributed by atoms with E-state index in [0.29, 0.717) is 5.69 Å². The standard InChI is InChI=1S/C9H11N3O2S/c1-12-9-5-8(11-15(2,13)14)4-3-7(9)6-10-12/h3-6,11H,1-2H3. The maximum Gasteiger partial charge on any atom is 0.229 e. The molecule has 0 unspecified atom stereocenters. The van der Waals surface area contributed by atoms with E-state index in [1.54, 1.807) is 23.0 Å². The highest BCUT2D eigenvalue weighted by molar-refractivity contribution is 7.92. The average molecular weight is 225 g/mol. The minimum absolute atomic E-state index is 0.550. The molecule has 0 fully saturated rings. The average Bonchev–Trinajstić information content (AvgIpc) is 2.45. The number of hydrogen-bond acceptors (Lipinski definition) is 3. The second-order valence-corrected chi connectivity index (χ2v) is 5.16. The highest BCUT2D eigenvalue weighted by Crippen LogP contribution is 2.18. The van der Waals surface area contributed by atoms with Gasteiger partial charge in [-0.15, -0.1) is 0 Å². The van der Waals surface area contributed by atoms with Gasteiger partial charge in [0.05, 0.1) is 23.7 Å². The van der Waals surface area contributed by atoms with Crippen LogP contribution in [0.5, 0.6) is 0 Å². The zero-order chi connectivity index (χ0) is 11.1. The lowest BCUT2D eigenvalue weighted by Crippen LogP contribution is -2.09. The molecule has 0 bridgehead atoms. The molecule has 1 aromatic heterocycles. The minimum atomic E-state index is -3.22. The first-order valence-electron chi connectivity index (χ1n) is 4.35. The predicted molar refractivity (Wildman–Crippen MR) is 59.2 cm³/mol.